The fraction of sp³-hybridized carbons (Fsp3) is 0.611. The van der Waals surface area contributed by atoms with Crippen molar-refractivity contribution >= 4 is 5.91 Å². The maximum Gasteiger partial charge on any atom is 0.227 e. The zero-order valence-corrected chi connectivity index (χ0v) is 13.3. The Bertz CT molecular complexity index is 532. The summed E-state index contributed by atoms with van der Waals surface area (Å²) in [5, 5.41) is 0. The highest BCUT2D eigenvalue weighted by Gasteiger charge is 2.42. The van der Waals surface area contributed by atoms with Crippen molar-refractivity contribution in [3.8, 4) is 5.75 Å². The minimum atomic E-state index is 0.217. The molecule has 1 aliphatic carbocycles. The zero-order chi connectivity index (χ0) is 15.5. The molecule has 2 aliphatic rings. The molecule has 1 amide bonds. The molecule has 4 nitrogen and oxygen atoms in total. The highest BCUT2D eigenvalue weighted by Crippen LogP contribution is 2.37. The minimum Gasteiger partial charge on any atom is -0.494 e. The predicted octanol–water partition coefficient (Wildman–Crippen LogP) is 2.21. The molecule has 0 spiro atoms. The van der Waals surface area contributed by atoms with Crippen LogP contribution < -0.4 is 10.5 Å². The van der Waals surface area contributed by atoms with Crippen LogP contribution in [0.1, 0.15) is 31.7 Å². The summed E-state index contributed by atoms with van der Waals surface area (Å²) in [6.45, 7) is 4.53. The molecule has 1 saturated heterocycles. The van der Waals surface area contributed by atoms with E-state index in [4.69, 9.17) is 10.5 Å². The van der Waals surface area contributed by atoms with Gasteiger partial charge in [-0.1, -0.05) is 19.1 Å². The number of ether oxygens (including phenoxy) is 1. The van der Waals surface area contributed by atoms with Gasteiger partial charge in [-0.2, -0.15) is 0 Å². The number of rotatable bonds is 5. The first-order valence-electron chi connectivity index (χ1n) is 8.42. The van der Waals surface area contributed by atoms with Crippen LogP contribution in [0.4, 0.5) is 0 Å². The molecule has 1 aromatic carbocycles. The number of hydrogen-bond acceptors (Lipinski definition) is 3. The average Bonchev–Trinajstić information content (AvgIpc) is 3.08. The highest BCUT2D eigenvalue weighted by atomic mass is 16.5. The summed E-state index contributed by atoms with van der Waals surface area (Å²) in [5.41, 5.74) is 7.17. The van der Waals surface area contributed by atoms with Crippen molar-refractivity contribution in [3.05, 3.63) is 29.8 Å². The first-order valence-corrected chi connectivity index (χ1v) is 8.42. The van der Waals surface area contributed by atoms with Crippen molar-refractivity contribution < 1.29 is 9.53 Å². The second-order valence-electron chi connectivity index (χ2n) is 6.64. The van der Waals surface area contributed by atoms with Crippen LogP contribution in [-0.2, 0) is 11.2 Å². The number of carbonyl (C=O) groups excluding carboxylic acids is 1. The fourth-order valence-corrected chi connectivity index (χ4v) is 3.76. The maximum absolute atomic E-state index is 12.5. The van der Waals surface area contributed by atoms with Gasteiger partial charge in [-0.05, 0) is 48.8 Å². The third kappa shape index (κ3) is 3.27. The molecule has 0 bridgehead atoms. The molecule has 0 aromatic heterocycles. The van der Waals surface area contributed by atoms with E-state index in [0.29, 0.717) is 24.9 Å². The average molecular weight is 302 g/mol. The number of hydrogen-bond donors (Lipinski definition) is 1. The predicted molar refractivity (Wildman–Crippen MR) is 86.7 cm³/mol. The van der Waals surface area contributed by atoms with Crippen molar-refractivity contribution in [2.75, 3.05) is 19.7 Å². The van der Waals surface area contributed by atoms with Gasteiger partial charge in [0.1, 0.15) is 5.75 Å². The Morgan fingerprint density at radius 1 is 1.36 bits per heavy atom. The lowest BCUT2D eigenvalue weighted by atomic mass is 9.98. The topological polar surface area (TPSA) is 55.6 Å². The van der Waals surface area contributed by atoms with Crippen LogP contribution >= 0.6 is 0 Å². The van der Waals surface area contributed by atoms with Crippen LogP contribution in [0.5, 0.6) is 5.75 Å². The molecule has 0 radical (unpaired) electrons. The summed E-state index contributed by atoms with van der Waals surface area (Å²) in [6.07, 6.45) is 3.74. The van der Waals surface area contributed by atoms with Crippen molar-refractivity contribution in [3.63, 3.8) is 0 Å². The lowest BCUT2D eigenvalue weighted by Crippen LogP contribution is -2.34. The Labute approximate surface area is 132 Å². The van der Waals surface area contributed by atoms with Gasteiger partial charge < -0.3 is 15.4 Å². The van der Waals surface area contributed by atoms with Gasteiger partial charge in [-0.15, -0.1) is 0 Å². The normalized spacial score (nSPS) is 27.0. The molecule has 1 aliphatic heterocycles. The van der Waals surface area contributed by atoms with Crippen molar-refractivity contribution in [1.29, 1.82) is 0 Å². The van der Waals surface area contributed by atoms with E-state index in [2.05, 4.69) is 6.92 Å². The van der Waals surface area contributed by atoms with E-state index >= 15 is 0 Å². The van der Waals surface area contributed by atoms with Crippen LogP contribution in [-0.4, -0.2) is 36.5 Å². The van der Waals surface area contributed by atoms with Gasteiger partial charge in [0, 0.05) is 19.1 Å². The number of likely N-dealkylation sites (tertiary alicyclic amines) is 1. The first kappa shape index (κ1) is 15.3. The molecule has 2 fully saturated rings. The smallest absolute Gasteiger partial charge is 0.227 e. The number of fused-ring (bicyclic) bond motifs is 1. The Morgan fingerprint density at radius 3 is 3.00 bits per heavy atom. The molecule has 4 heteroatoms. The van der Waals surface area contributed by atoms with E-state index in [1.165, 1.54) is 6.42 Å². The first-order chi connectivity index (χ1) is 10.7. The monoisotopic (exact) mass is 302 g/mol. The highest BCUT2D eigenvalue weighted by molar-refractivity contribution is 5.79. The molecule has 120 valence electrons. The van der Waals surface area contributed by atoms with Gasteiger partial charge in [-0.3, -0.25) is 4.79 Å². The Hall–Kier alpha value is -1.55. The molecular formula is C18H26N2O2. The van der Waals surface area contributed by atoms with Crippen molar-refractivity contribution in [1.82, 2.24) is 4.90 Å². The largest absolute Gasteiger partial charge is 0.494 e. The molecule has 1 aromatic rings. The van der Waals surface area contributed by atoms with Crippen molar-refractivity contribution in [2.24, 2.45) is 17.6 Å². The second-order valence-corrected chi connectivity index (χ2v) is 6.64. The number of carbonyl (C=O) groups is 1. The lowest BCUT2D eigenvalue weighted by Gasteiger charge is -2.19. The van der Waals surface area contributed by atoms with E-state index < -0.39 is 0 Å². The molecule has 1 saturated carbocycles. The summed E-state index contributed by atoms with van der Waals surface area (Å²) in [7, 11) is 0. The summed E-state index contributed by atoms with van der Waals surface area (Å²) in [6, 6.07) is 8.18. The fourth-order valence-electron chi connectivity index (χ4n) is 3.76. The lowest BCUT2D eigenvalue weighted by molar-refractivity contribution is -0.129. The summed E-state index contributed by atoms with van der Waals surface area (Å²) in [5.74, 6) is 2.21. The summed E-state index contributed by atoms with van der Waals surface area (Å²) in [4.78, 5) is 14.5. The Kier molecular flexibility index (Phi) is 4.67. The second kappa shape index (κ2) is 6.69. The number of nitrogens with zero attached hydrogens (tertiary/aromatic N) is 1. The molecule has 1 heterocycles. The van der Waals surface area contributed by atoms with Crippen LogP contribution in [0, 0.1) is 11.8 Å². The van der Waals surface area contributed by atoms with Crippen LogP contribution in [0.25, 0.3) is 0 Å². The van der Waals surface area contributed by atoms with Crippen LogP contribution in [0.15, 0.2) is 24.3 Å². The molecule has 3 unspecified atom stereocenters. The van der Waals surface area contributed by atoms with Crippen LogP contribution in [0.2, 0.25) is 0 Å². The van der Waals surface area contributed by atoms with Gasteiger partial charge in [0.15, 0.2) is 0 Å². The standard InChI is InChI=1S/C18H26N2O2/c1-2-8-22-15-5-3-4-13(9-15)10-18(21)20-11-14-6-7-17(19)16(14)12-20/h3-5,9,14,16-17H,2,6-8,10-12,19H2,1H3. The minimum absolute atomic E-state index is 0.217. The van der Waals surface area contributed by atoms with E-state index in [0.717, 1.165) is 37.2 Å². The Morgan fingerprint density at radius 2 is 2.23 bits per heavy atom. The van der Waals surface area contributed by atoms with E-state index in [1.807, 2.05) is 29.2 Å². The van der Waals surface area contributed by atoms with Gasteiger partial charge in [0.25, 0.3) is 0 Å². The molecular weight excluding hydrogens is 276 g/mol. The quantitative estimate of drug-likeness (QED) is 0.907. The SMILES string of the molecule is CCCOc1cccc(CC(=O)N2CC3CCC(N)C3C2)c1. The number of amides is 1. The third-order valence-corrected chi connectivity index (χ3v) is 4.99. The van der Waals surface area contributed by atoms with Gasteiger partial charge in [-0.25, -0.2) is 0 Å². The van der Waals surface area contributed by atoms with E-state index in [1.54, 1.807) is 0 Å². The molecule has 22 heavy (non-hydrogen) atoms. The van der Waals surface area contributed by atoms with E-state index in [9.17, 15) is 4.79 Å². The van der Waals surface area contributed by atoms with Crippen molar-refractivity contribution in [2.45, 2.75) is 38.6 Å². The third-order valence-electron chi connectivity index (χ3n) is 4.99. The molecule has 3 atom stereocenters. The zero-order valence-electron chi connectivity index (χ0n) is 13.3. The summed E-state index contributed by atoms with van der Waals surface area (Å²) < 4.78 is 5.64. The molecule has 3 rings (SSSR count). The van der Waals surface area contributed by atoms with E-state index in [-0.39, 0.29) is 11.9 Å². The number of nitrogens with two attached hydrogens (primary N) is 1. The van der Waals surface area contributed by atoms with Gasteiger partial charge in [0.2, 0.25) is 5.91 Å². The van der Waals surface area contributed by atoms with Gasteiger partial charge in [0.05, 0.1) is 13.0 Å². The maximum atomic E-state index is 12.5. The van der Waals surface area contributed by atoms with Gasteiger partial charge >= 0.3 is 0 Å². The molecule has 2 N–H and O–H groups in total. The number of benzene rings is 1. The Balaban J connectivity index is 1.58. The van der Waals surface area contributed by atoms with Crippen LogP contribution in [0.3, 0.4) is 0 Å². The summed E-state index contributed by atoms with van der Waals surface area (Å²) >= 11 is 0.